The van der Waals surface area contributed by atoms with Gasteiger partial charge >= 0.3 is 6.18 Å². The smallest absolute Gasteiger partial charge is 0.414 e. The predicted octanol–water partition coefficient (Wildman–Crippen LogP) is 3.55. The molecule has 0 aliphatic rings. The highest BCUT2D eigenvalue weighted by Gasteiger charge is 2.47. The summed E-state index contributed by atoms with van der Waals surface area (Å²) in [6, 6.07) is 3.04. The van der Waals surface area contributed by atoms with E-state index in [1.807, 2.05) is 0 Å². The minimum Gasteiger partial charge on any atom is -0.598 e. The molecule has 1 rings (SSSR count). The normalized spacial score (nSPS) is 18.1. The fraction of sp³-hybridized carbons (Fsp3) is 0.600. The second-order valence-corrected chi connectivity index (χ2v) is 8.64. The van der Waals surface area contributed by atoms with E-state index in [2.05, 4.69) is 4.72 Å². The summed E-state index contributed by atoms with van der Waals surface area (Å²) in [5.74, 6) is -2.60. The second kappa shape index (κ2) is 7.15. The SMILES string of the molecule is CC(C[C@H](O)C(F)(F)F)(N[S+]([O-])C(C)(C)C)c1cccc(F)c1F. The fourth-order valence-corrected chi connectivity index (χ4v) is 2.91. The molecule has 0 bridgehead atoms. The maximum atomic E-state index is 14.1. The van der Waals surface area contributed by atoms with Crippen molar-refractivity contribution >= 4 is 11.4 Å². The molecule has 0 aromatic heterocycles. The van der Waals surface area contributed by atoms with Gasteiger partial charge in [0, 0.05) is 23.3 Å². The van der Waals surface area contributed by atoms with Crippen LogP contribution in [0.4, 0.5) is 22.0 Å². The zero-order valence-electron chi connectivity index (χ0n) is 13.7. The van der Waals surface area contributed by atoms with Crippen molar-refractivity contribution in [2.75, 3.05) is 0 Å². The molecule has 0 saturated heterocycles. The quantitative estimate of drug-likeness (QED) is 0.613. The van der Waals surface area contributed by atoms with E-state index in [1.165, 1.54) is 0 Å². The van der Waals surface area contributed by atoms with Crippen LogP contribution in [0.25, 0.3) is 0 Å². The molecule has 0 spiro atoms. The molecule has 24 heavy (non-hydrogen) atoms. The van der Waals surface area contributed by atoms with Crippen molar-refractivity contribution in [3.63, 3.8) is 0 Å². The van der Waals surface area contributed by atoms with Crippen LogP contribution in [-0.4, -0.2) is 26.7 Å². The van der Waals surface area contributed by atoms with E-state index in [4.69, 9.17) is 0 Å². The third-order valence-corrected chi connectivity index (χ3v) is 5.15. The lowest BCUT2D eigenvalue weighted by molar-refractivity contribution is -0.209. The van der Waals surface area contributed by atoms with E-state index in [-0.39, 0.29) is 0 Å². The highest BCUT2D eigenvalue weighted by Crippen LogP contribution is 2.36. The maximum absolute atomic E-state index is 14.1. The fourth-order valence-electron chi connectivity index (χ4n) is 2.00. The predicted molar refractivity (Wildman–Crippen MR) is 81.4 cm³/mol. The van der Waals surface area contributed by atoms with Crippen LogP contribution in [0.15, 0.2) is 18.2 Å². The molecule has 0 radical (unpaired) electrons. The van der Waals surface area contributed by atoms with E-state index >= 15 is 0 Å². The molecule has 0 fully saturated rings. The van der Waals surface area contributed by atoms with Crippen molar-refractivity contribution in [1.82, 2.24) is 4.72 Å². The summed E-state index contributed by atoms with van der Waals surface area (Å²) in [7, 11) is 0. The highest BCUT2D eigenvalue weighted by atomic mass is 32.2. The number of benzene rings is 1. The number of halogens is 5. The molecule has 3 nitrogen and oxygen atoms in total. The molecule has 1 aromatic rings. The standard InChI is InChI=1S/C15H20F5NO2S/c1-13(2,3)24(23)21-14(4,8-11(22)15(18,19)20)9-6-5-7-10(16)12(9)17/h5-7,11,21-22H,8H2,1-4H3/t11-,14?,24?/m0/s1. The first kappa shape index (κ1) is 21.1. The number of hydrogen-bond acceptors (Lipinski definition) is 3. The molecule has 1 aromatic carbocycles. The second-order valence-electron chi connectivity index (χ2n) is 6.68. The van der Waals surface area contributed by atoms with E-state index in [9.17, 15) is 31.6 Å². The molecule has 9 heteroatoms. The van der Waals surface area contributed by atoms with Crippen molar-refractivity contribution in [3.8, 4) is 0 Å². The van der Waals surface area contributed by atoms with E-state index in [1.54, 1.807) is 20.8 Å². The van der Waals surface area contributed by atoms with E-state index < -0.39 is 57.5 Å². The lowest BCUT2D eigenvalue weighted by atomic mass is 9.86. The number of aliphatic hydroxyl groups excluding tert-OH is 1. The van der Waals surface area contributed by atoms with Gasteiger partial charge in [0.15, 0.2) is 17.7 Å². The van der Waals surface area contributed by atoms with Gasteiger partial charge in [-0.25, -0.2) is 8.78 Å². The molecule has 0 aliphatic carbocycles. The Hall–Kier alpha value is -0.900. The van der Waals surface area contributed by atoms with Crippen molar-refractivity contribution in [2.24, 2.45) is 0 Å². The first-order valence-electron chi connectivity index (χ1n) is 7.07. The van der Waals surface area contributed by atoms with Crippen LogP contribution < -0.4 is 4.72 Å². The molecular weight excluding hydrogens is 353 g/mol. The number of hydrogen-bond donors (Lipinski definition) is 2. The van der Waals surface area contributed by atoms with Crippen LogP contribution in [-0.2, 0) is 16.9 Å². The van der Waals surface area contributed by atoms with E-state index in [0.29, 0.717) is 0 Å². The molecular formula is C15H20F5NO2S. The lowest BCUT2D eigenvalue weighted by Gasteiger charge is -2.36. The Morgan fingerprint density at radius 2 is 1.71 bits per heavy atom. The third kappa shape index (κ3) is 5.05. The van der Waals surface area contributed by atoms with Crippen LogP contribution in [0.3, 0.4) is 0 Å². The van der Waals surface area contributed by atoms with Gasteiger partial charge in [0.05, 0.1) is 5.54 Å². The largest absolute Gasteiger partial charge is 0.598 e. The van der Waals surface area contributed by atoms with Gasteiger partial charge in [-0.2, -0.15) is 13.2 Å². The molecule has 0 amide bonds. The van der Waals surface area contributed by atoms with Gasteiger partial charge in [-0.1, -0.05) is 12.1 Å². The molecule has 2 N–H and O–H groups in total. The third-order valence-electron chi connectivity index (χ3n) is 3.40. The molecule has 3 atom stereocenters. The Bertz CT molecular complexity index is 552. The zero-order valence-corrected chi connectivity index (χ0v) is 14.5. The van der Waals surface area contributed by atoms with Gasteiger partial charge < -0.3 is 9.66 Å². The van der Waals surface area contributed by atoms with Crippen molar-refractivity contribution in [3.05, 3.63) is 35.4 Å². The summed E-state index contributed by atoms with van der Waals surface area (Å²) in [6.45, 7) is 5.85. The summed E-state index contributed by atoms with van der Waals surface area (Å²) < 4.78 is 79.6. The number of nitrogens with one attached hydrogen (secondary N) is 1. The van der Waals surface area contributed by atoms with Gasteiger partial charge in [0.2, 0.25) is 0 Å². The molecule has 0 aliphatic heterocycles. The average molecular weight is 373 g/mol. The Morgan fingerprint density at radius 3 is 2.17 bits per heavy atom. The van der Waals surface area contributed by atoms with Gasteiger partial charge in [-0.05, 0) is 33.8 Å². The van der Waals surface area contributed by atoms with Crippen LogP contribution in [0, 0.1) is 11.6 Å². The van der Waals surface area contributed by atoms with Crippen molar-refractivity contribution in [2.45, 2.75) is 56.7 Å². The van der Waals surface area contributed by atoms with Gasteiger partial charge in [-0.15, -0.1) is 4.72 Å². The average Bonchev–Trinajstić information content (AvgIpc) is 2.39. The summed E-state index contributed by atoms with van der Waals surface area (Å²) in [6.07, 6.45) is -8.77. The number of aliphatic hydroxyl groups is 1. The highest BCUT2D eigenvalue weighted by molar-refractivity contribution is 7.90. The Balaban J connectivity index is 3.32. The van der Waals surface area contributed by atoms with Gasteiger partial charge in [-0.3, -0.25) is 0 Å². The van der Waals surface area contributed by atoms with Crippen molar-refractivity contribution < 1.29 is 31.6 Å². The first-order chi connectivity index (χ1) is 10.7. The summed E-state index contributed by atoms with van der Waals surface area (Å²) in [5, 5.41) is 9.38. The Kier molecular flexibility index (Phi) is 6.30. The summed E-state index contributed by atoms with van der Waals surface area (Å²) in [4.78, 5) is 0. The van der Waals surface area contributed by atoms with Gasteiger partial charge in [0.25, 0.3) is 0 Å². The van der Waals surface area contributed by atoms with Crippen LogP contribution in [0.2, 0.25) is 0 Å². The van der Waals surface area contributed by atoms with Crippen LogP contribution >= 0.6 is 0 Å². The Morgan fingerprint density at radius 1 is 1.17 bits per heavy atom. The molecule has 138 valence electrons. The summed E-state index contributed by atoms with van der Waals surface area (Å²) in [5.41, 5.74) is -2.34. The lowest BCUT2D eigenvalue weighted by Crippen LogP contribution is -2.53. The molecule has 2 unspecified atom stereocenters. The minimum atomic E-state index is -4.95. The zero-order chi connectivity index (χ0) is 18.9. The van der Waals surface area contributed by atoms with E-state index in [0.717, 1.165) is 25.1 Å². The van der Waals surface area contributed by atoms with Crippen LogP contribution in [0.5, 0.6) is 0 Å². The van der Waals surface area contributed by atoms with Gasteiger partial charge in [0.1, 0.15) is 4.75 Å². The molecule has 0 saturated carbocycles. The minimum absolute atomic E-state index is 0.441. The number of rotatable bonds is 5. The monoisotopic (exact) mass is 373 g/mol. The van der Waals surface area contributed by atoms with Crippen molar-refractivity contribution in [1.29, 1.82) is 0 Å². The Labute approximate surface area is 140 Å². The number of alkyl halides is 3. The topological polar surface area (TPSA) is 55.3 Å². The summed E-state index contributed by atoms with van der Waals surface area (Å²) >= 11 is -1.88. The first-order valence-corrected chi connectivity index (χ1v) is 8.22. The maximum Gasteiger partial charge on any atom is 0.414 e. The van der Waals surface area contributed by atoms with Crippen LogP contribution in [0.1, 0.15) is 39.7 Å². The molecule has 0 heterocycles.